The van der Waals surface area contributed by atoms with Gasteiger partial charge in [-0.25, -0.2) is 0 Å². The summed E-state index contributed by atoms with van der Waals surface area (Å²) >= 11 is 0. The van der Waals surface area contributed by atoms with Crippen LogP contribution >= 0.6 is 0 Å². The first-order valence-electron chi connectivity index (χ1n) is 1.22. The molecule has 0 aliphatic heterocycles. The number of carbonyl (C=O) groups excluding carboxylic acids is 1. The van der Waals surface area contributed by atoms with Crippen molar-refractivity contribution >= 4 is 57.8 Å². The van der Waals surface area contributed by atoms with E-state index in [0.717, 1.165) is 0 Å². The molecule has 0 atom stereocenters. The standard InChI is InChI=1S/C3H5NO.K/c1-2-4-3-5;/h2-3H,1H2,(H,4,5);. The summed E-state index contributed by atoms with van der Waals surface area (Å²) in [6.07, 6.45) is 1.88. The van der Waals surface area contributed by atoms with E-state index in [1.54, 1.807) is 0 Å². The molecule has 0 saturated heterocycles. The molecule has 29 valence electrons. The van der Waals surface area contributed by atoms with Gasteiger partial charge >= 0.3 is 0 Å². The molecule has 0 aromatic carbocycles. The molecule has 2 nitrogen and oxygen atoms in total. The molecule has 0 fully saturated rings. The van der Waals surface area contributed by atoms with Crippen LogP contribution < -0.4 is 5.32 Å². The number of nitrogens with one attached hydrogen (secondary N) is 1. The van der Waals surface area contributed by atoms with Gasteiger partial charge in [-0.3, -0.25) is 4.79 Å². The zero-order valence-electron chi connectivity index (χ0n) is 3.77. The largest absolute Gasteiger partial charge is 0.336 e. The van der Waals surface area contributed by atoms with Gasteiger partial charge in [-0.1, -0.05) is 6.58 Å². The van der Waals surface area contributed by atoms with Crippen molar-refractivity contribution in [3.63, 3.8) is 0 Å². The van der Waals surface area contributed by atoms with E-state index < -0.39 is 0 Å². The van der Waals surface area contributed by atoms with Crippen molar-refractivity contribution in [2.75, 3.05) is 0 Å². The second-order valence-electron chi connectivity index (χ2n) is 0.489. The predicted octanol–water partition coefficient (Wildman–Crippen LogP) is -0.505. The van der Waals surface area contributed by atoms with Crippen molar-refractivity contribution in [1.29, 1.82) is 0 Å². The molecule has 3 heteroatoms. The van der Waals surface area contributed by atoms with Crippen molar-refractivity contribution in [3.8, 4) is 0 Å². The smallest absolute Gasteiger partial charge is 0.211 e. The molecule has 0 saturated carbocycles. The van der Waals surface area contributed by atoms with Gasteiger partial charge in [0, 0.05) is 51.4 Å². The van der Waals surface area contributed by atoms with Crippen molar-refractivity contribution in [2.24, 2.45) is 0 Å². The molecular weight excluding hydrogens is 105 g/mol. The summed E-state index contributed by atoms with van der Waals surface area (Å²) in [4.78, 5) is 9.22. The zero-order valence-corrected chi connectivity index (χ0v) is 6.89. The maximum Gasteiger partial charge on any atom is 0.211 e. The van der Waals surface area contributed by atoms with Crippen LogP contribution in [0.3, 0.4) is 0 Å². The van der Waals surface area contributed by atoms with E-state index in [2.05, 4.69) is 11.9 Å². The van der Waals surface area contributed by atoms with Gasteiger partial charge in [0.2, 0.25) is 6.41 Å². The van der Waals surface area contributed by atoms with Crippen LogP contribution in [0.2, 0.25) is 0 Å². The monoisotopic (exact) mass is 110 g/mol. The van der Waals surface area contributed by atoms with Crippen molar-refractivity contribution < 1.29 is 4.79 Å². The second kappa shape index (κ2) is 9.28. The van der Waals surface area contributed by atoms with Crippen LogP contribution in [0, 0.1) is 0 Å². The fourth-order valence-electron chi connectivity index (χ4n) is 0.0481. The molecule has 1 N–H and O–H groups in total. The van der Waals surface area contributed by atoms with E-state index in [1.807, 2.05) is 0 Å². The van der Waals surface area contributed by atoms with Crippen LogP contribution in [0.4, 0.5) is 0 Å². The number of hydrogen-bond acceptors (Lipinski definition) is 1. The average Bonchev–Trinajstić information content (AvgIpc) is 1.41. The fourth-order valence-corrected chi connectivity index (χ4v) is 0.0481. The van der Waals surface area contributed by atoms with Gasteiger partial charge in [-0.15, -0.1) is 0 Å². The molecule has 0 unspecified atom stereocenters. The van der Waals surface area contributed by atoms with Crippen LogP contribution in [0.5, 0.6) is 0 Å². The first-order chi connectivity index (χ1) is 2.41. The zero-order chi connectivity index (χ0) is 4.12. The molecule has 0 spiro atoms. The van der Waals surface area contributed by atoms with Crippen molar-refractivity contribution in [1.82, 2.24) is 5.32 Å². The topological polar surface area (TPSA) is 29.1 Å². The minimum absolute atomic E-state index is 0. The molecule has 0 aliphatic rings. The molecule has 0 heterocycles. The van der Waals surface area contributed by atoms with E-state index in [4.69, 9.17) is 0 Å². The van der Waals surface area contributed by atoms with E-state index in [1.165, 1.54) is 6.20 Å². The third-order valence-corrected chi connectivity index (χ3v) is 0.186. The molecule has 0 aromatic heterocycles. The van der Waals surface area contributed by atoms with Gasteiger partial charge in [0.25, 0.3) is 0 Å². The quantitative estimate of drug-likeness (QED) is 0.376. The molecule has 1 amide bonds. The van der Waals surface area contributed by atoms with Crippen LogP contribution in [0.1, 0.15) is 0 Å². The number of rotatable bonds is 2. The maximum absolute atomic E-state index is 9.22. The van der Waals surface area contributed by atoms with Gasteiger partial charge in [-0.2, -0.15) is 0 Å². The molecule has 0 rings (SSSR count). The number of hydrogen-bond donors (Lipinski definition) is 1. The van der Waals surface area contributed by atoms with Gasteiger partial charge < -0.3 is 5.32 Å². The Morgan fingerprint density at radius 2 is 2.17 bits per heavy atom. The van der Waals surface area contributed by atoms with Crippen LogP contribution in [0.15, 0.2) is 12.8 Å². The minimum Gasteiger partial charge on any atom is -0.336 e. The Morgan fingerprint density at radius 3 is 2.17 bits per heavy atom. The molecule has 0 aliphatic carbocycles. The molecule has 0 bridgehead atoms. The summed E-state index contributed by atoms with van der Waals surface area (Å²) < 4.78 is 0. The maximum atomic E-state index is 9.22. The Balaban J connectivity index is 0. The third-order valence-electron chi connectivity index (χ3n) is 0.186. The van der Waals surface area contributed by atoms with Crippen molar-refractivity contribution in [3.05, 3.63) is 12.8 Å². The number of carbonyl (C=O) groups is 1. The molecule has 0 aromatic rings. The first kappa shape index (κ1) is 9.96. The Kier molecular flexibility index (Phi) is 15.4. The normalized spacial score (nSPS) is 4.67. The van der Waals surface area contributed by atoms with Gasteiger partial charge in [0.15, 0.2) is 0 Å². The Hall–Kier alpha value is 0.846. The Morgan fingerprint density at radius 1 is 1.67 bits per heavy atom. The summed E-state index contributed by atoms with van der Waals surface area (Å²) in [6.45, 7) is 3.21. The molecule has 1 radical (unpaired) electrons. The van der Waals surface area contributed by atoms with Gasteiger partial charge in [0.05, 0.1) is 0 Å². The van der Waals surface area contributed by atoms with E-state index in [0.29, 0.717) is 6.41 Å². The van der Waals surface area contributed by atoms with E-state index in [-0.39, 0.29) is 51.4 Å². The summed E-state index contributed by atoms with van der Waals surface area (Å²) in [7, 11) is 0. The second-order valence-corrected chi connectivity index (χ2v) is 0.489. The molecular formula is C3H5KNO. The number of amides is 1. The average molecular weight is 110 g/mol. The van der Waals surface area contributed by atoms with Crippen molar-refractivity contribution in [2.45, 2.75) is 0 Å². The predicted molar refractivity (Wildman–Crippen MR) is 25.2 cm³/mol. The first-order valence-corrected chi connectivity index (χ1v) is 1.22. The summed E-state index contributed by atoms with van der Waals surface area (Å²) in [5.74, 6) is 0. The molecule has 6 heavy (non-hydrogen) atoms. The summed E-state index contributed by atoms with van der Waals surface area (Å²) in [5, 5.41) is 2.19. The Labute approximate surface area is 79.4 Å². The van der Waals surface area contributed by atoms with E-state index >= 15 is 0 Å². The summed E-state index contributed by atoms with van der Waals surface area (Å²) in [5.41, 5.74) is 0. The summed E-state index contributed by atoms with van der Waals surface area (Å²) in [6, 6.07) is 0. The minimum atomic E-state index is 0. The van der Waals surface area contributed by atoms with Crippen LogP contribution in [0.25, 0.3) is 0 Å². The van der Waals surface area contributed by atoms with Crippen LogP contribution in [-0.4, -0.2) is 57.8 Å². The SMILES string of the molecule is C=CNC=O.[K]. The third kappa shape index (κ3) is 8.85. The van der Waals surface area contributed by atoms with E-state index in [9.17, 15) is 4.79 Å². The van der Waals surface area contributed by atoms with Crippen LogP contribution in [-0.2, 0) is 4.79 Å². The van der Waals surface area contributed by atoms with Gasteiger partial charge in [-0.05, 0) is 6.20 Å². The Bertz CT molecular complexity index is 40.1. The fraction of sp³-hybridized carbons (Fsp3) is 0. The van der Waals surface area contributed by atoms with Gasteiger partial charge in [0.1, 0.15) is 0 Å².